The number of alkyl halides is 1. The first-order chi connectivity index (χ1) is 9.25. The van der Waals surface area contributed by atoms with E-state index in [0.29, 0.717) is 5.56 Å². The van der Waals surface area contributed by atoms with Crippen LogP contribution < -0.4 is 0 Å². The number of likely N-dealkylation sites (N-methyl/N-ethyl adjacent to an activating group) is 1. The normalized spacial score (nSPS) is 13.8. The lowest BCUT2D eigenvalue weighted by molar-refractivity contribution is 0.149. The van der Waals surface area contributed by atoms with Gasteiger partial charge < -0.3 is 4.74 Å². The summed E-state index contributed by atoms with van der Waals surface area (Å²) in [6.07, 6.45) is 0. The van der Waals surface area contributed by atoms with Gasteiger partial charge in [0.2, 0.25) is 10.0 Å². The molecule has 114 valence electrons. The maximum atomic E-state index is 12.6. The Hall–Kier alpha value is -0.0400. The van der Waals surface area contributed by atoms with Gasteiger partial charge in [-0.1, -0.05) is 23.2 Å². The Morgan fingerprint density at radius 1 is 1.35 bits per heavy atom. The first-order valence-electron chi connectivity index (χ1n) is 5.76. The van der Waals surface area contributed by atoms with Crippen LogP contribution >= 0.6 is 34.8 Å². The van der Waals surface area contributed by atoms with Gasteiger partial charge in [-0.25, -0.2) is 8.42 Å². The Kier molecular flexibility index (Phi) is 6.57. The van der Waals surface area contributed by atoms with Gasteiger partial charge in [0.15, 0.2) is 0 Å². The second kappa shape index (κ2) is 7.29. The van der Waals surface area contributed by atoms with Crippen LogP contribution in [-0.4, -0.2) is 39.5 Å². The maximum Gasteiger partial charge on any atom is 0.244 e. The van der Waals surface area contributed by atoms with Crippen LogP contribution in [0.25, 0.3) is 0 Å². The topological polar surface area (TPSA) is 46.6 Å². The molecule has 0 aromatic heterocycles. The number of hydrogen-bond donors (Lipinski definition) is 0. The van der Waals surface area contributed by atoms with E-state index >= 15 is 0 Å². The average Bonchev–Trinajstić information content (AvgIpc) is 2.40. The van der Waals surface area contributed by atoms with E-state index in [9.17, 15) is 8.42 Å². The van der Waals surface area contributed by atoms with E-state index in [1.54, 1.807) is 13.0 Å². The van der Waals surface area contributed by atoms with Crippen LogP contribution in [-0.2, 0) is 20.6 Å². The molecule has 0 fully saturated rings. The number of sulfonamides is 1. The van der Waals surface area contributed by atoms with Crippen LogP contribution in [0, 0.1) is 0 Å². The van der Waals surface area contributed by atoms with E-state index in [0.717, 1.165) is 0 Å². The fourth-order valence-electron chi connectivity index (χ4n) is 1.64. The van der Waals surface area contributed by atoms with Gasteiger partial charge in [-0.2, -0.15) is 4.31 Å². The molecule has 1 aromatic carbocycles. The minimum absolute atomic E-state index is 0.0484. The highest BCUT2D eigenvalue weighted by Gasteiger charge is 2.28. The van der Waals surface area contributed by atoms with Crippen LogP contribution in [0.2, 0.25) is 10.0 Å². The third-order valence-electron chi connectivity index (χ3n) is 2.91. The molecule has 0 heterocycles. The molecule has 0 aliphatic carbocycles. The van der Waals surface area contributed by atoms with Gasteiger partial charge >= 0.3 is 0 Å². The van der Waals surface area contributed by atoms with Crippen LogP contribution in [0.4, 0.5) is 0 Å². The second-order valence-corrected chi connectivity index (χ2v) is 7.38. The number of halogens is 3. The molecule has 1 unspecified atom stereocenters. The van der Waals surface area contributed by atoms with Crippen molar-refractivity contribution in [2.24, 2.45) is 0 Å². The Labute approximate surface area is 134 Å². The summed E-state index contributed by atoms with van der Waals surface area (Å²) in [5, 5.41) is 0.372. The highest BCUT2D eigenvalue weighted by atomic mass is 35.5. The van der Waals surface area contributed by atoms with E-state index in [1.165, 1.54) is 24.5 Å². The fraction of sp³-hybridized carbons (Fsp3) is 0.500. The Morgan fingerprint density at radius 3 is 2.45 bits per heavy atom. The average molecular weight is 361 g/mol. The third-order valence-corrected chi connectivity index (χ3v) is 5.97. The van der Waals surface area contributed by atoms with Gasteiger partial charge in [-0.05, 0) is 24.6 Å². The summed E-state index contributed by atoms with van der Waals surface area (Å²) in [4.78, 5) is -0.0484. The molecule has 0 bridgehead atoms. The predicted molar refractivity (Wildman–Crippen MR) is 82.3 cm³/mol. The zero-order valence-electron chi connectivity index (χ0n) is 11.4. The van der Waals surface area contributed by atoms with Crippen molar-refractivity contribution in [3.05, 3.63) is 27.7 Å². The molecule has 0 aliphatic heterocycles. The Balaban J connectivity index is 3.32. The summed E-state index contributed by atoms with van der Waals surface area (Å²) in [5.74, 6) is 0.0826. The van der Waals surface area contributed by atoms with Crippen molar-refractivity contribution in [3.63, 3.8) is 0 Å². The summed E-state index contributed by atoms with van der Waals surface area (Å²) >= 11 is 17.8. The quantitative estimate of drug-likeness (QED) is 0.731. The number of nitrogens with zero attached hydrogens (tertiary/aromatic N) is 1. The van der Waals surface area contributed by atoms with E-state index in [-0.39, 0.29) is 33.5 Å². The second-order valence-electron chi connectivity index (χ2n) is 4.34. The van der Waals surface area contributed by atoms with Crippen molar-refractivity contribution in [3.8, 4) is 0 Å². The molecular formula is C12H16Cl3NO3S. The number of rotatable bonds is 6. The van der Waals surface area contributed by atoms with Crippen LogP contribution in [0.15, 0.2) is 17.0 Å². The molecule has 0 saturated carbocycles. The SMILES string of the molecule is COCC(C)N(C)S(=O)(=O)c1cc(Cl)cc(CCl)c1Cl. The molecule has 1 rings (SSSR count). The van der Waals surface area contributed by atoms with Crippen LogP contribution in [0.5, 0.6) is 0 Å². The van der Waals surface area contributed by atoms with E-state index < -0.39 is 10.0 Å². The summed E-state index contributed by atoms with van der Waals surface area (Å²) in [7, 11) is -0.790. The lowest BCUT2D eigenvalue weighted by Crippen LogP contribution is -2.38. The van der Waals surface area contributed by atoms with Crippen LogP contribution in [0.1, 0.15) is 12.5 Å². The minimum Gasteiger partial charge on any atom is -0.383 e. The predicted octanol–water partition coefficient (Wildman–Crippen LogP) is 3.39. The molecule has 1 atom stereocenters. The largest absolute Gasteiger partial charge is 0.383 e. The zero-order valence-corrected chi connectivity index (χ0v) is 14.4. The van der Waals surface area contributed by atoms with Gasteiger partial charge in [-0.3, -0.25) is 0 Å². The zero-order chi connectivity index (χ0) is 15.5. The summed E-state index contributed by atoms with van der Waals surface area (Å²) < 4.78 is 31.3. The van der Waals surface area contributed by atoms with Gasteiger partial charge in [0.05, 0.1) is 11.6 Å². The summed E-state index contributed by atoms with van der Waals surface area (Å²) in [6, 6.07) is 2.54. The molecule has 0 saturated heterocycles. The lowest BCUT2D eigenvalue weighted by atomic mass is 10.2. The smallest absolute Gasteiger partial charge is 0.244 e. The molecule has 4 nitrogen and oxygen atoms in total. The van der Waals surface area contributed by atoms with E-state index in [2.05, 4.69) is 0 Å². The summed E-state index contributed by atoms with van der Waals surface area (Å²) in [6.45, 7) is 2.01. The first-order valence-corrected chi connectivity index (χ1v) is 8.49. The number of methoxy groups -OCH3 is 1. The maximum absolute atomic E-state index is 12.6. The molecule has 1 aromatic rings. The van der Waals surface area contributed by atoms with Crippen molar-refractivity contribution in [1.29, 1.82) is 0 Å². The van der Waals surface area contributed by atoms with Crippen molar-refractivity contribution in [1.82, 2.24) is 4.31 Å². The monoisotopic (exact) mass is 359 g/mol. The molecule has 8 heteroatoms. The molecule has 0 aliphatic rings. The first kappa shape index (κ1) is 18.0. The van der Waals surface area contributed by atoms with Crippen molar-refractivity contribution in [2.75, 3.05) is 20.8 Å². The highest BCUT2D eigenvalue weighted by molar-refractivity contribution is 7.89. The molecule has 0 spiro atoms. The van der Waals surface area contributed by atoms with Gasteiger partial charge in [0.1, 0.15) is 4.90 Å². The van der Waals surface area contributed by atoms with E-state index in [1.807, 2.05) is 0 Å². The Bertz CT molecular complexity index is 578. The standard InChI is InChI=1S/C12H16Cl3NO3S/c1-8(7-19-3)16(2)20(17,18)11-5-10(14)4-9(6-13)12(11)15/h4-5,8H,6-7H2,1-3H3. The van der Waals surface area contributed by atoms with Gasteiger partial charge in [-0.15, -0.1) is 11.6 Å². The van der Waals surface area contributed by atoms with Crippen molar-refractivity contribution < 1.29 is 13.2 Å². The minimum atomic E-state index is -3.77. The highest BCUT2D eigenvalue weighted by Crippen LogP contribution is 2.32. The molecule has 0 amide bonds. The lowest BCUT2D eigenvalue weighted by Gasteiger charge is -2.24. The van der Waals surface area contributed by atoms with Gasteiger partial charge in [0.25, 0.3) is 0 Å². The molecule has 0 radical (unpaired) electrons. The number of ether oxygens (including phenoxy) is 1. The summed E-state index contributed by atoms with van der Waals surface area (Å²) in [5.41, 5.74) is 0.479. The molecular weight excluding hydrogens is 345 g/mol. The van der Waals surface area contributed by atoms with E-state index in [4.69, 9.17) is 39.5 Å². The third kappa shape index (κ3) is 3.78. The fourth-order valence-corrected chi connectivity index (χ4v) is 4.17. The van der Waals surface area contributed by atoms with Crippen LogP contribution in [0.3, 0.4) is 0 Å². The Morgan fingerprint density at radius 2 is 1.95 bits per heavy atom. The number of hydrogen-bond acceptors (Lipinski definition) is 3. The molecule has 0 N–H and O–H groups in total. The van der Waals surface area contributed by atoms with Gasteiger partial charge in [0, 0.05) is 31.1 Å². The molecule has 20 heavy (non-hydrogen) atoms. The number of benzene rings is 1. The van der Waals surface area contributed by atoms with Crippen molar-refractivity contribution in [2.45, 2.75) is 23.7 Å². The van der Waals surface area contributed by atoms with Crippen molar-refractivity contribution >= 4 is 44.8 Å².